The minimum Gasteiger partial charge on any atom is -0.294 e. The van der Waals surface area contributed by atoms with E-state index in [-0.39, 0.29) is 11.2 Å². The van der Waals surface area contributed by atoms with Gasteiger partial charge in [0, 0.05) is 5.41 Å². The maximum absolute atomic E-state index is 11.7. The van der Waals surface area contributed by atoms with Gasteiger partial charge in [0.15, 0.2) is 5.78 Å². The first-order valence-electron chi connectivity index (χ1n) is 4.64. The van der Waals surface area contributed by atoms with Crippen molar-refractivity contribution in [2.75, 3.05) is 0 Å². The van der Waals surface area contributed by atoms with Crippen LogP contribution in [-0.2, 0) is 4.79 Å². The first kappa shape index (κ1) is 9.50. The lowest BCUT2D eigenvalue weighted by Gasteiger charge is -2.16. The molecule has 0 bridgehead atoms. The number of Topliss-reactive ketones (excluding diaryl/α,β-unsaturated/α-hetero) is 1. The normalized spacial score (nSPS) is 19.5. The molecule has 1 aliphatic rings. The first-order valence-corrected chi connectivity index (χ1v) is 4.64. The second-order valence-corrected chi connectivity index (χ2v) is 4.77. The predicted molar refractivity (Wildman–Crippen MR) is 50.9 cm³/mol. The molecule has 1 nitrogen and oxygen atoms in total. The molecule has 0 N–H and O–H groups in total. The van der Waals surface area contributed by atoms with Gasteiger partial charge < -0.3 is 0 Å². The van der Waals surface area contributed by atoms with Crippen molar-refractivity contribution in [2.24, 2.45) is 11.3 Å². The molecule has 0 aromatic carbocycles. The summed E-state index contributed by atoms with van der Waals surface area (Å²) in [5, 5.41) is 0. The van der Waals surface area contributed by atoms with Gasteiger partial charge in [-0.1, -0.05) is 26.8 Å². The van der Waals surface area contributed by atoms with Gasteiger partial charge in [0.2, 0.25) is 0 Å². The SMILES string of the molecule is CC(=CC1CC1)C(=O)C(C)(C)C. The molecule has 1 fully saturated rings. The Bertz CT molecular complexity index is 214. The van der Waals surface area contributed by atoms with Crippen LogP contribution < -0.4 is 0 Å². The van der Waals surface area contributed by atoms with Crippen LogP contribution in [-0.4, -0.2) is 5.78 Å². The number of carbonyl (C=O) groups is 1. The molecule has 0 aliphatic heterocycles. The fourth-order valence-corrected chi connectivity index (χ4v) is 1.28. The Hall–Kier alpha value is -0.590. The molecule has 1 heteroatoms. The van der Waals surface area contributed by atoms with Gasteiger partial charge in [-0.2, -0.15) is 0 Å². The van der Waals surface area contributed by atoms with Crippen molar-refractivity contribution in [1.82, 2.24) is 0 Å². The summed E-state index contributed by atoms with van der Waals surface area (Å²) in [4.78, 5) is 11.7. The Labute approximate surface area is 74.9 Å². The van der Waals surface area contributed by atoms with Crippen LogP contribution in [0.15, 0.2) is 11.6 Å². The Morgan fingerprint density at radius 2 is 1.83 bits per heavy atom. The van der Waals surface area contributed by atoms with Crippen molar-refractivity contribution in [3.05, 3.63) is 11.6 Å². The van der Waals surface area contributed by atoms with E-state index in [1.54, 1.807) is 0 Å². The summed E-state index contributed by atoms with van der Waals surface area (Å²) in [5.74, 6) is 0.991. The van der Waals surface area contributed by atoms with Crippen LogP contribution in [0.2, 0.25) is 0 Å². The van der Waals surface area contributed by atoms with Crippen molar-refractivity contribution in [1.29, 1.82) is 0 Å². The fraction of sp³-hybridized carbons (Fsp3) is 0.727. The van der Waals surface area contributed by atoms with Crippen LogP contribution in [0, 0.1) is 11.3 Å². The zero-order chi connectivity index (χ0) is 9.35. The molecule has 12 heavy (non-hydrogen) atoms. The minimum absolute atomic E-state index is 0.213. The average Bonchev–Trinajstić information content (AvgIpc) is 2.68. The lowest BCUT2D eigenvalue weighted by molar-refractivity contribution is -0.122. The second kappa shape index (κ2) is 3.04. The van der Waals surface area contributed by atoms with E-state index in [2.05, 4.69) is 6.08 Å². The second-order valence-electron chi connectivity index (χ2n) is 4.77. The number of rotatable bonds is 2. The Kier molecular flexibility index (Phi) is 2.41. The van der Waals surface area contributed by atoms with Crippen LogP contribution >= 0.6 is 0 Å². The van der Waals surface area contributed by atoms with Crippen LogP contribution in [0.4, 0.5) is 0 Å². The van der Waals surface area contributed by atoms with Crippen LogP contribution in [0.3, 0.4) is 0 Å². The van der Waals surface area contributed by atoms with Crippen molar-refractivity contribution in [3.63, 3.8) is 0 Å². The Morgan fingerprint density at radius 1 is 1.33 bits per heavy atom. The molecule has 68 valence electrons. The van der Waals surface area contributed by atoms with Gasteiger partial charge in [-0.15, -0.1) is 0 Å². The number of hydrogen-bond acceptors (Lipinski definition) is 1. The van der Waals surface area contributed by atoms with Gasteiger partial charge >= 0.3 is 0 Å². The first-order chi connectivity index (χ1) is 5.41. The predicted octanol–water partition coefficient (Wildman–Crippen LogP) is 2.96. The summed E-state index contributed by atoms with van der Waals surface area (Å²) in [7, 11) is 0. The molecule has 1 saturated carbocycles. The van der Waals surface area contributed by atoms with Gasteiger partial charge in [0.25, 0.3) is 0 Å². The fourth-order valence-electron chi connectivity index (χ4n) is 1.28. The summed E-state index contributed by atoms with van der Waals surface area (Å²) in [6.07, 6.45) is 4.68. The third-order valence-electron chi connectivity index (χ3n) is 2.15. The van der Waals surface area contributed by atoms with Crippen molar-refractivity contribution in [2.45, 2.75) is 40.5 Å². The number of carbonyl (C=O) groups excluding carboxylic acids is 1. The summed E-state index contributed by atoms with van der Waals surface area (Å²) < 4.78 is 0. The van der Waals surface area contributed by atoms with Crippen LogP contribution in [0.5, 0.6) is 0 Å². The largest absolute Gasteiger partial charge is 0.294 e. The lowest BCUT2D eigenvalue weighted by Crippen LogP contribution is -2.20. The van der Waals surface area contributed by atoms with Gasteiger partial charge in [0.05, 0.1) is 0 Å². The summed E-state index contributed by atoms with van der Waals surface area (Å²) in [6.45, 7) is 7.85. The maximum Gasteiger partial charge on any atom is 0.163 e. The highest BCUT2D eigenvalue weighted by molar-refractivity contribution is 5.98. The molecular formula is C11H18O. The van der Waals surface area contributed by atoms with E-state index in [0.717, 1.165) is 5.57 Å². The standard InChI is InChI=1S/C11H18O/c1-8(7-9-5-6-9)10(12)11(2,3)4/h7,9H,5-6H2,1-4H3. The minimum atomic E-state index is -0.213. The van der Waals surface area contributed by atoms with Crippen molar-refractivity contribution >= 4 is 5.78 Å². The average molecular weight is 166 g/mol. The summed E-state index contributed by atoms with van der Waals surface area (Å²) in [6, 6.07) is 0. The number of hydrogen-bond donors (Lipinski definition) is 0. The number of ketones is 1. The van der Waals surface area contributed by atoms with Crippen LogP contribution in [0.1, 0.15) is 40.5 Å². The van der Waals surface area contributed by atoms with Gasteiger partial charge in [-0.25, -0.2) is 0 Å². The highest BCUT2D eigenvalue weighted by Gasteiger charge is 2.25. The smallest absolute Gasteiger partial charge is 0.163 e. The molecule has 0 saturated heterocycles. The molecule has 1 aliphatic carbocycles. The lowest BCUT2D eigenvalue weighted by atomic mass is 9.86. The summed E-state index contributed by atoms with van der Waals surface area (Å²) >= 11 is 0. The van der Waals surface area contributed by atoms with Crippen molar-refractivity contribution < 1.29 is 4.79 Å². The van der Waals surface area contributed by atoms with E-state index in [9.17, 15) is 4.79 Å². The van der Waals surface area contributed by atoms with E-state index >= 15 is 0 Å². The Balaban J connectivity index is 2.62. The topological polar surface area (TPSA) is 17.1 Å². The highest BCUT2D eigenvalue weighted by Crippen LogP contribution is 2.32. The molecule has 0 unspecified atom stereocenters. The third-order valence-corrected chi connectivity index (χ3v) is 2.15. The number of allylic oxidation sites excluding steroid dienone is 2. The van der Waals surface area contributed by atoms with Gasteiger partial charge in [-0.05, 0) is 31.3 Å². The molecular weight excluding hydrogens is 148 g/mol. The molecule has 0 amide bonds. The summed E-state index contributed by atoms with van der Waals surface area (Å²) in [5.41, 5.74) is 0.736. The maximum atomic E-state index is 11.7. The monoisotopic (exact) mass is 166 g/mol. The van der Waals surface area contributed by atoms with E-state index in [0.29, 0.717) is 5.92 Å². The zero-order valence-electron chi connectivity index (χ0n) is 8.48. The van der Waals surface area contributed by atoms with E-state index in [4.69, 9.17) is 0 Å². The van der Waals surface area contributed by atoms with E-state index in [1.165, 1.54) is 12.8 Å². The zero-order valence-corrected chi connectivity index (χ0v) is 8.48. The third kappa shape index (κ3) is 2.47. The van der Waals surface area contributed by atoms with Gasteiger partial charge in [0.1, 0.15) is 0 Å². The molecule has 0 aromatic heterocycles. The highest BCUT2D eigenvalue weighted by atomic mass is 16.1. The quantitative estimate of drug-likeness (QED) is 0.576. The Morgan fingerprint density at radius 3 is 2.17 bits per heavy atom. The molecule has 1 rings (SSSR count). The van der Waals surface area contributed by atoms with Gasteiger partial charge in [-0.3, -0.25) is 4.79 Å². The molecule has 0 spiro atoms. The van der Waals surface area contributed by atoms with E-state index < -0.39 is 0 Å². The van der Waals surface area contributed by atoms with E-state index in [1.807, 2.05) is 27.7 Å². The van der Waals surface area contributed by atoms with Crippen LogP contribution in [0.25, 0.3) is 0 Å². The molecule has 0 heterocycles. The van der Waals surface area contributed by atoms with Crippen molar-refractivity contribution in [3.8, 4) is 0 Å². The molecule has 0 radical (unpaired) electrons. The molecule has 0 aromatic rings. The molecule has 0 atom stereocenters.